The summed E-state index contributed by atoms with van der Waals surface area (Å²) in [5, 5.41) is 19.0. The molecule has 3 rings (SSSR count). The molecule has 2 saturated carbocycles. The second kappa shape index (κ2) is 6.60. The van der Waals surface area contributed by atoms with Gasteiger partial charge in [0.15, 0.2) is 11.5 Å². The average molecular weight is 314 g/mol. The van der Waals surface area contributed by atoms with Crippen LogP contribution in [0, 0.1) is 11.8 Å². The van der Waals surface area contributed by atoms with Crippen molar-refractivity contribution in [2.75, 3.05) is 5.32 Å². The number of amides is 2. The van der Waals surface area contributed by atoms with Crippen molar-refractivity contribution in [2.24, 2.45) is 22.1 Å². The van der Waals surface area contributed by atoms with Crippen molar-refractivity contribution in [2.45, 2.75) is 25.7 Å². The Morgan fingerprint density at radius 3 is 2.52 bits per heavy atom. The van der Waals surface area contributed by atoms with Gasteiger partial charge < -0.3 is 10.5 Å². The highest BCUT2D eigenvalue weighted by Crippen LogP contribution is 2.37. The van der Waals surface area contributed by atoms with E-state index in [9.17, 15) is 14.8 Å². The number of nitrogens with one attached hydrogen (secondary N) is 2. The lowest BCUT2D eigenvalue weighted by Gasteiger charge is -2.22. The minimum Gasteiger partial charge on any atom is -0.411 e. The third kappa shape index (κ3) is 3.08. The number of nitrogens with zero attached hydrogens (tertiary/aromatic N) is 2. The van der Waals surface area contributed by atoms with Gasteiger partial charge in [-0.15, -0.1) is 0 Å². The lowest BCUT2D eigenvalue weighted by molar-refractivity contribution is -0.117. The maximum Gasteiger partial charge on any atom is 0.339 e. The first-order valence-electron chi connectivity index (χ1n) is 7.67. The molecule has 2 aliphatic carbocycles. The molecule has 0 spiro atoms. The molecule has 0 aromatic heterocycles. The first-order valence-corrected chi connectivity index (χ1v) is 7.67. The molecule has 23 heavy (non-hydrogen) atoms. The van der Waals surface area contributed by atoms with Crippen LogP contribution in [0.25, 0.3) is 0 Å². The summed E-state index contributed by atoms with van der Waals surface area (Å²) in [7, 11) is 0. The van der Waals surface area contributed by atoms with Crippen LogP contribution in [0.2, 0.25) is 0 Å². The van der Waals surface area contributed by atoms with Crippen molar-refractivity contribution in [3.8, 4) is 0 Å². The summed E-state index contributed by atoms with van der Waals surface area (Å²) in [6.07, 6.45) is 3.58. The molecule has 2 fully saturated rings. The molecular formula is C16H18N4O3. The summed E-state index contributed by atoms with van der Waals surface area (Å²) in [6.45, 7) is 0. The van der Waals surface area contributed by atoms with E-state index >= 15 is 0 Å². The number of para-hydroxylation sites is 1. The van der Waals surface area contributed by atoms with Crippen LogP contribution in [0.5, 0.6) is 0 Å². The zero-order chi connectivity index (χ0) is 16.2. The zero-order valence-electron chi connectivity index (χ0n) is 12.5. The summed E-state index contributed by atoms with van der Waals surface area (Å²) in [5.74, 6) is -0.408. The number of carbonyl (C=O) groups is 2. The van der Waals surface area contributed by atoms with E-state index in [1.165, 1.54) is 0 Å². The summed E-state index contributed by atoms with van der Waals surface area (Å²) < 4.78 is 0. The quantitative estimate of drug-likeness (QED) is 0.576. The standard InChI is InChI=1S/C16H18N4O3/c21-15-12-9-5-4-8-11(12)13(20-23)14(15)18-19-16(22)17-10-6-2-1-3-7-10/h1-3,6-7,11-12,23H,4-5,8-9H2,(H2,17,19,22)/b18-14+,20-13+. The molecule has 2 atom stereocenters. The Morgan fingerprint density at radius 2 is 1.83 bits per heavy atom. The van der Waals surface area contributed by atoms with Gasteiger partial charge in [-0.2, -0.15) is 5.10 Å². The van der Waals surface area contributed by atoms with Crippen LogP contribution in [-0.2, 0) is 4.79 Å². The van der Waals surface area contributed by atoms with Gasteiger partial charge in [-0.3, -0.25) is 4.79 Å². The molecule has 0 bridgehead atoms. The smallest absolute Gasteiger partial charge is 0.339 e. The third-order valence-electron chi connectivity index (χ3n) is 4.34. The number of fused-ring (bicyclic) bond motifs is 1. The van der Waals surface area contributed by atoms with Gasteiger partial charge in [0.05, 0.1) is 0 Å². The van der Waals surface area contributed by atoms with E-state index in [2.05, 4.69) is 21.0 Å². The predicted octanol–water partition coefficient (Wildman–Crippen LogP) is 2.38. The molecule has 2 amide bonds. The van der Waals surface area contributed by atoms with Crippen molar-refractivity contribution in [3.05, 3.63) is 30.3 Å². The van der Waals surface area contributed by atoms with Crippen molar-refractivity contribution in [1.29, 1.82) is 0 Å². The van der Waals surface area contributed by atoms with E-state index < -0.39 is 6.03 Å². The number of urea groups is 1. The fourth-order valence-corrected chi connectivity index (χ4v) is 3.27. The molecular weight excluding hydrogens is 296 g/mol. The minimum absolute atomic E-state index is 0.0626. The number of ketones is 1. The number of hydrogen-bond acceptors (Lipinski definition) is 5. The molecule has 7 heteroatoms. The zero-order valence-corrected chi connectivity index (χ0v) is 12.5. The molecule has 0 aliphatic heterocycles. The van der Waals surface area contributed by atoms with E-state index in [4.69, 9.17) is 0 Å². The number of anilines is 1. The van der Waals surface area contributed by atoms with Gasteiger partial charge in [0.2, 0.25) is 0 Å². The molecule has 0 saturated heterocycles. The first-order chi connectivity index (χ1) is 11.2. The summed E-state index contributed by atoms with van der Waals surface area (Å²) in [5.41, 5.74) is 3.27. The summed E-state index contributed by atoms with van der Waals surface area (Å²) in [4.78, 5) is 24.2. The number of Topliss-reactive ketones (excluding diaryl/α,β-unsaturated/α-hetero) is 1. The Hall–Kier alpha value is -2.70. The molecule has 0 heterocycles. The highest BCUT2D eigenvalue weighted by Gasteiger charge is 2.46. The molecule has 7 nitrogen and oxygen atoms in total. The van der Waals surface area contributed by atoms with Crippen LogP contribution in [0.1, 0.15) is 25.7 Å². The van der Waals surface area contributed by atoms with Crippen molar-refractivity contribution in [3.63, 3.8) is 0 Å². The highest BCUT2D eigenvalue weighted by molar-refractivity contribution is 6.71. The van der Waals surface area contributed by atoms with Crippen molar-refractivity contribution >= 4 is 28.9 Å². The Labute approximate surface area is 133 Å². The van der Waals surface area contributed by atoms with Crippen LogP contribution in [-0.4, -0.2) is 28.4 Å². The van der Waals surface area contributed by atoms with Crippen molar-refractivity contribution < 1.29 is 14.8 Å². The Morgan fingerprint density at radius 1 is 1.13 bits per heavy atom. The number of benzene rings is 1. The fourth-order valence-electron chi connectivity index (χ4n) is 3.27. The van der Waals surface area contributed by atoms with Gasteiger partial charge in [-0.25, -0.2) is 10.2 Å². The third-order valence-corrected chi connectivity index (χ3v) is 4.34. The van der Waals surface area contributed by atoms with Crippen LogP contribution < -0.4 is 10.7 Å². The maximum absolute atomic E-state index is 12.4. The molecule has 1 aromatic carbocycles. The van der Waals surface area contributed by atoms with Gasteiger partial charge in [0.1, 0.15) is 5.71 Å². The molecule has 120 valence electrons. The van der Waals surface area contributed by atoms with Crippen molar-refractivity contribution in [1.82, 2.24) is 5.43 Å². The normalized spacial score (nSPS) is 27.0. The first kappa shape index (κ1) is 15.2. The second-order valence-corrected chi connectivity index (χ2v) is 5.74. The Kier molecular flexibility index (Phi) is 4.36. The van der Waals surface area contributed by atoms with E-state index in [1.54, 1.807) is 24.3 Å². The van der Waals surface area contributed by atoms with Crippen LogP contribution >= 0.6 is 0 Å². The molecule has 2 aliphatic rings. The Bertz CT molecular complexity index is 669. The van der Waals surface area contributed by atoms with Crippen LogP contribution in [0.3, 0.4) is 0 Å². The number of rotatable bonds is 2. The lowest BCUT2D eigenvalue weighted by Crippen LogP contribution is -2.28. The van der Waals surface area contributed by atoms with Crippen LogP contribution in [0.4, 0.5) is 10.5 Å². The number of oxime groups is 1. The lowest BCUT2D eigenvalue weighted by atomic mass is 9.81. The van der Waals surface area contributed by atoms with Gasteiger partial charge in [-0.05, 0) is 25.0 Å². The number of carbonyl (C=O) groups excluding carboxylic acids is 2. The molecule has 3 N–H and O–H groups in total. The minimum atomic E-state index is -0.552. The Balaban J connectivity index is 1.71. The van der Waals surface area contributed by atoms with E-state index in [0.717, 1.165) is 25.7 Å². The van der Waals surface area contributed by atoms with Gasteiger partial charge in [0.25, 0.3) is 0 Å². The second-order valence-electron chi connectivity index (χ2n) is 5.74. The largest absolute Gasteiger partial charge is 0.411 e. The summed E-state index contributed by atoms with van der Waals surface area (Å²) in [6, 6.07) is 8.35. The topological polar surface area (TPSA) is 103 Å². The molecule has 1 aromatic rings. The monoisotopic (exact) mass is 314 g/mol. The maximum atomic E-state index is 12.4. The van der Waals surface area contributed by atoms with E-state index in [1.807, 2.05) is 6.07 Å². The highest BCUT2D eigenvalue weighted by atomic mass is 16.4. The molecule has 0 radical (unpaired) electrons. The fraction of sp³-hybridized carbons (Fsp3) is 0.375. The number of hydrazone groups is 1. The van der Waals surface area contributed by atoms with Gasteiger partial charge in [0, 0.05) is 17.5 Å². The van der Waals surface area contributed by atoms with Gasteiger partial charge >= 0.3 is 6.03 Å². The summed E-state index contributed by atoms with van der Waals surface area (Å²) >= 11 is 0. The average Bonchev–Trinajstić information content (AvgIpc) is 2.86. The van der Waals surface area contributed by atoms with E-state index in [0.29, 0.717) is 11.4 Å². The predicted molar refractivity (Wildman–Crippen MR) is 85.7 cm³/mol. The molecule has 2 unspecified atom stereocenters. The van der Waals surface area contributed by atoms with Gasteiger partial charge in [-0.1, -0.05) is 36.2 Å². The van der Waals surface area contributed by atoms with Crippen LogP contribution in [0.15, 0.2) is 40.6 Å². The SMILES string of the molecule is O=C(N/N=C1/C(=O)C2CCCCC2/C1=N\O)Nc1ccccc1. The number of hydrogen-bond donors (Lipinski definition) is 3. The van der Waals surface area contributed by atoms with E-state index in [-0.39, 0.29) is 23.3 Å².